The van der Waals surface area contributed by atoms with Gasteiger partial charge in [0.25, 0.3) is 0 Å². The summed E-state index contributed by atoms with van der Waals surface area (Å²) in [4.78, 5) is 10.9. The smallest absolute Gasteiger partial charge is 0.320 e. The standard InChI is InChI=1S/C15H11N3O2/c19-14-16-13(17-15(20)18-14)12-8-6-11(7-9-12)10-4-2-1-3-5-10/h1-9H,(H2,16,17,18,19,20). The number of aromatic nitrogens is 3. The highest BCUT2D eigenvalue weighted by molar-refractivity contribution is 5.67. The maximum Gasteiger partial charge on any atom is 0.320 e. The zero-order valence-electron chi connectivity index (χ0n) is 10.4. The van der Waals surface area contributed by atoms with Crippen LogP contribution in [-0.2, 0) is 0 Å². The molecule has 3 aromatic rings. The molecule has 2 aromatic carbocycles. The van der Waals surface area contributed by atoms with Crippen LogP contribution in [0.2, 0.25) is 0 Å². The van der Waals surface area contributed by atoms with E-state index in [1.807, 2.05) is 54.6 Å². The molecule has 5 heteroatoms. The highest BCUT2D eigenvalue weighted by atomic mass is 16.3. The van der Waals surface area contributed by atoms with Crippen molar-refractivity contribution in [1.29, 1.82) is 0 Å². The Morgan fingerprint density at radius 1 is 0.550 bits per heavy atom. The molecule has 0 unspecified atom stereocenters. The van der Waals surface area contributed by atoms with Crippen molar-refractivity contribution in [2.45, 2.75) is 0 Å². The average molecular weight is 265 g/mol. The predicted octanol–water partition coefficient (Wildman–Crippen LogP) is 2.62. The summed E-state index contributed by atoms with van der Waals surface area (Å²) in [6.07, 6.45) is 0. The molecular weight excluding hydrogens is 254 g/mol. The van der Waals surface area contributed by atoms with Crippen molar-refractivity contribution in [3.8, 4) is 34.5 Å². The van der Waals surface area contributed by atoms with Gasteiger partial charge in [-0.15, -0.1) is 4.98 Å². The summed E-state index contributed by atoms with van der Waals surface area (Å²) >= 11 is 0. The van der Waals surface area contributed by atoms with Crippen molar-refractivity contribution in [1.82, 2.24) is 15.0 Å². The van der Waals surface area contributed by atoms with E-state index >= 15 is 0 Å². The fraction of sp³-hybridized carbons (Fsp3) is 0. The molecule has 0 atom stereocenters. The Morgan fingerprint density at radius 2 is 1.05 bits per heavy atom. The van der Waals surface area contributed by atoms with Gasteiger partial charge < -0.3 is 10.2 Å². The van der Waals surface area contributed by atoms with Crippen LogP contribution in [0.15, 0.2) is 54.6 Å². The van der Waals surface area contributed by atoms with Gasteiger partial charge in [0.15, 0.2) is 5.82 Å². The van der Waals surface area contributed by atoms with Crippen LogP contribution < -0.4 is 0 Å². The third-order valence-corrected chi connectivity index (χ3v) is 2.86. The number of benzene rings is 2. The molecule has 0 aliphatic heterocycles. The van der Waals surface area contributed by atoms with Gasteiger partial charge in [-0.2, -0.15) is 9.97 Å². The second kappa shape index (κ2) is 4.97. The summed E-state index contributed by atoms with van der Waals surface area (Å²) in [5.41, 5.74) is 2.87. The van der Waals surface area contributed by atoms with Gasteiger partial charge >= 0.3 is 12.0 Å². The molecule has 1 heterocycles. The van der Waals surface area contributed by atoms with Crippen LogP contribution in [0.4, 0.5) is 0 Å². The van der Waals surface area contributed by atoms with E-state index in [4.69, 9.17) is 0 Å². The molecule has 20 heavy (non-hydrogen) atoms. The minimum atomic E-state index is -0.500. The molecule has 0 aliphatic rings. The minimum absolute atomic E-state index is 0.231. The Bertz CT molecular complexity index is 708. The van der Waals surface area contributed by atoms with Crippen LogP contribution >= 0.6 is 0 Å². The molecule has 0 aliphatic carbocycles. The fourth-order valence-electron chi connectivity index (χ4n) is 1.93. The zero-order valence-corrected chi connectivity index (χ0v) is 10.4. The maximum absolute atomic E-state index is 9.27. The molecule has 0 spiro atoms. The van der Waals surface area contributed by atoms with E-state index in [0.717, 1.165) is 11.1 Å². The number of hydrogen-bond acceptors (Lipinski definition) is 5. The molecule has 0 saturated heterocycles. The van der Waals surface area contributed by atoms with Gasteiger partial charge in [-0.1, -0.05) is 54.6 Å². The van der Waals surface area contributed by atoms with Crippen LogP contribution in [0.1, 0.15) is 0 Å². The van der Waals surface area contributed by atoms with E-state index in [2.05, 4.69) is 15.0 Å². The van der Waals surface area contributed by atoms with Crippen molar-refractivity contribution in [3.05, 3.63) is 54.6 Å². The summed E-state index contributed by atoms with van der Waals surface area (Å²) in [6.45, 7) is 0. The Balaban J connectivity index is 1.97. The van der Waals surface area contributed by atoms with Gasteiger partial charge in [-0.05, 0) is 11.1 Å². The fourth-order valence-corrected chi connectivity index (χ4v) is 1.93. The van der Waals surface area contributed by atoms with Crippen molar-refractivity contribution in [2.75, 3.05) is 0 Å². The molecule has 5 nitrogen and oxygen atoms in total. The Hall–Kier alpha value is -2.95. The Kier molecular flexibility index (Phi) is 3.01. The van der Waals surface area contributed by atoms with Crippen LogP contribution in [0.5, 0.6) is 12.0 Å². The molecule has 0 radical (unpaired) electrons. The summed E-state index contributed by atoms with van der Waals surface area (Å²) in [5.74, 6) is 0.231. The summed E-state index contributed by atoms with van der Waals surface area (Å²) < 4.78 is 0. The molecule has 3 rings (SSSR count). The topological polar surface area (TPSA) is 79.1 Å². The van der Waals surface area contributed by atoms with Gasteiger partial charge in [0.1, 0.15) is 0 Å². The molecule has 1 aromatic heterocycles. The molecule has 0 saturated carbocycles. The number of aromatic hydroxyl groups is 2. The largest absolute Gasteiger partial charge is 0.479 e. The van der Waals surface area contributed by atoms with Gasteiger partial charge in [-0.3, -0.25) is 0 Å². The SMILES string of the molecule is Oc1nc(O)nc(-c2ccc(-c3ccccc3)cc2)n1. The molecule has 98 valence electrons. The lowest BCUT2D eigenvalue weighted by Crippen LogP contribution is -1.92. The van der Waals surface area contributed by atoms with Crippen LogP contribution in [-0.4, -0.2) is 25.2 Å². The first-order valence-electron chi connectivity index (χ1n) is 6.02. The van der Waals surface area contributed by atoms with Gasteiger partial charge in [-0.25, -0.2) is 0 Å². The van der Waals surface area contributed by atoms with Crippen LogP contribution in [0.25, 0.3) is 22.5 Å². The molecule has 2 N–H and O–H groups in total. The normalized spacial score (nSPS) is 10.4. The van der Waals surface area contributed by atoms with Crippen LogP contribution in [0.3, 0.4) is 0 Å². The van der Waals surface area contributed by atoms with Crippen molar-refractivity contribution >= 4 is 0 Å². The van der Waals surface area contributed by atoms with Gasteiger partial charge in [0.2, 0.25) is 0 Å². The van der Waals surface area contributed by atoms with E-state index in [-0.39, 0.29) is 5.82 Å². The van der Waals surface area contributed by atoms with Gasteiger partial charge in [0.05, 0.1) is 0 Å². The maximum atomic E-state index is 9.27. The lowest BCUT2D eigenvalue weighted by atomic mass is 10.0. The van der Waals surface area contributed by atoms with E-state index in [1.165, 1.54) is 0 Å². The summed E-state index contributed by atoms with van der Waals surface area (Å²) in [7, 11) is 0. The molecule has 0 fully saturated rings. The van der Waals surface area contributed by atoms with E-state index in [1.54, 1.807) is 0 Å². The molecule has 0 amide bonds. The summed E-state index contributed by atoms with van der Waals surface area (Å²) in [6, 6.07) is 16.5. The number of hydrogen-bond donors (Lipinski definition) is 2. The Morgan fingerprint density at radius 3 is 1.65 bits per heavy atom. The Labute approximate surface area is 115 Å². The molecule has 0 bridgehead atoms. The third-order valence-electron chi connectivity index (χ3n) is 2.86. The quantitative estimate of drug-likeness (QED) is 0.744. The van der Waals surface area contributed by atoms with E-state index < -0.39 is 12.0 Å². The number of rotatable bonds is 2. The van der Waals surface area contributed by atoms with E-state index in [0.29, 0.717) is 5.56 Å². The highest BCUT2D eigenvalue weighted by Gasteiger charge is 2.07. The highest BCUT2D eigenvalue weighted by Crippen LogP contribution is 2.24. The molecular formula is C15H11N3O2. The number of nitrogens with zero attached hydrogens (tertiary/aromatic N) is 3. The van der Waals surface area contributed by atoms with Crippen molar-refractivity contribution in [3.63, 3.8) is 0 Å². The second-order valence-electron chi connectivity index (χ2n) is 4.20. The second-order valence-corrected chi connectivity index (χ2v) is 4.20. The lowest BCUT2D eigenvalue weighted by molar-refractivity contribution is 0.383. The van der Waals surface area contributed by atoms with Gasteiger partial charge in [0, 0.05) is 5.56 Å². The lowest BCUT2D eigenvalue weighted by Gasteiger charge is -2.04. The minimum Gasteiger partial charge on any atom is -0.479 e. The van der Waals surface area contributed by atoms with Crippen molar-refractivity contribution in [2.24, 2.45) is 0 Å². The third kappa shape index (κ3) is 2.42. The zero-order chi connectivity index (χ0) is 13.9. The monoisotopic (exact) mass is 265 g/mol. The average Bonchev–Trinajstić information content (AvgIpc) is 2.47. The first-order chi connectivity index (χ1) is 9.72. The summed E-state index contributed by atoms with van der Waals surface area (Å²) in [5, 5.41) is 18.5. The first kappa shape index (κ1) is 12.1. The van der Waals surface area contributed by atoms with Crippen molar-refractivity contribution < 1.29 is 10.2 Å². The first-order valence-corrected chi connectivity index (χ1v) is 6.02. The van der Waals surface area contributed by atoms with Crippen LogP contribution in [0, 0.1) is 0 Å². The van der Waals surface area contributed by atoms with E-state index in [9.17, 15) is 10.2 Å². The predicted molar refractivity (Wildman–Crippen MR) is 74.0 cm³/mol.